The number of benzene rings is 1. The molecule has 2 rings (SSSR count). The molecule has 2 aromatic rings. The predicted molar refractivity (Wildman–Crippen MR) is 82.1 cm³/mol. The molecular formula is C17H20N2O2. The summed E-state index contributed by atoms with van der Waals surface area (Å²) in [5, 5.41) is 8.63. The highest BCUT2D eigenvalue weighted by Gasteiger charge is 2.08. The van der Waals surface area contributed by atoms with E-state index in [0.29, 0.717) is 18.2 Å². The van der Waals surface area contributed by atoms with Gasteiger partial charge in [0.25, 0.3) is 6.26 Å². The maximum Gasteiger partial charge on any atom is 0.292 e. The van der Waals surface area contributed by atoms with Gasteiger partial charge in [0.15, 0.2) is 0 Å². The molecule has 0 unspecified atom stereocenters. The van der Waals surface area contributed by atoms with Crippen LogP contribution in [0.2, 0.25) is 0 Å². The van der Waals surface area contributed by atoms with Gasteiger partial charge in [-0.15, -0.1) is 5.26 Å². The minimum Gasteiger partial charge on any atom is -0.473 e. The SMILES string of the molecule is CC.Cc1cccc(OCc2c(C)cccc2OC#N)n1. The summed E-state index contributed by atoms with van der Waals surface area (Å²) in [6.07, 6.45) is 1.69. The van der Waals surface area contributed by atoms with Crippen molar-refractivity contribution in [1.82, 2.24) is 4.98 Å². The van der Waals surface area contributed by atoms with Crippen LogP contribution in [0.1, 0.15) is 30.7 Å². The van der Waals surface area contributed by atoms with Gasteiger partial charge < -0.3 is 9.47 Å². The number of aromatic nitrogens is 1. The van der Waals surface area contributed by atoms with Crippen LogP contribution in [0.4, 0.5) is 0 Å². The molecule has 0 aliphatic carbocycles. The van der Waals surface area contributed by atoms with Crippen LogP contribution in [0.5, 0.6) is 11.6 Å². The third kappa shape index (κ3) is 4.81. The van der Waals surface area contributed by atoms with E-state index in [4.69, 9.17) is 14.7 Å². The van der Waals surface area contributed by atoms with Crippen LogP contribution < -0.4 is 9.47 Å². The Bertz CT molecular complexity index is 618. The van der Waals surface area contributed by atoms with Crippen LogP contribution in [0.3, 0.4) is 0 Å². The fourth-order valence-corrected chi connectivity index (χ4v) is 1.75. The standard InChI is InChI=1S/C15H14N2O2.C2H6/c1-11-5-3-7-14(19-10-16)13(11)9-18-15-8-4-6-12(2)17-15;1-2/h3-8H,9H2,1-2H3;1-2H3. The van der Waals surface area contributed by atoms with Crippen molar-refractivity contribution in [2.75, 3.05) is 0 Å². The first-order valence-electron chi connectivity index (χ1n) is 6.91. The molecule has 0 fully saturated rings. The Balaban J connectivity index is 0.00000106. The minimum atomic E-state index is 0.320. The van der Waals surface area contributed by atoms with E-state index < -0.39 is 0 Å². The third-order valence-corrected chi connectivity index (χ3v) is 2.75. The molecule has 0 saturated carbocycles. The zero-order valence-electron chi connectivity index (χ0n) is 12.9. The maximum atomic E-state index is 8.63. The van der Waals surface area contributed by atoms with Gasteiger partial charge in [-0.2, -0.15) is 0 Å². The van der Waals surface area contributed by atoms with Gasteiger partial charge in [0.2, 0.25) is 5.88 Å². The van der Waals surface area contributed by atoms with Gasteiger partial charge in [-0.25, -0.2) is 4.98 Å². The van der Waals surface area contributed by atoms with Gasteiger partial charge in [0, 0.05) is 17.3 Å². The van der Waals surface area contributed by atoms with Crippen molar-refractivity contribution in [3.8, 4) is 17.9 Å². The van der Waals surface area contributed by atoms with Gasteiger partial charge in [0.05, 0.1) is 0 Å². The first-order chi connectivity index (χ1) is 10.2. The normalized spacial score (nSPS) is 9.10. The summed E-state index contributed by atoms with van der Waals surface area (Å²) in [5.41, 5.74) is 2.77. The Morgan fingerprint density at radius 1 is 1.10 bits per heavy atom. The lowest BCUT2D eigenvalue weighted by atomic mass is 10.1. The number of hydrogen-bond donors (Lipinski definition) is 0. The monoisotopic (exact) mass is 284 g/mol. The number of rotatable bonds is 4. The number of ether oxygens (including phenoxy) is 2. The van der Waals surface area contributed by atoms with Crippen LogP contribution in [-0.2, 0) is 6.61 Å². The molecule has 0 spiro atoms. The maximum absolute atomic E-state index is 8.63. The fourth-order valence-electron chi connectivity index (χ4n) is 1.75. The second-order valence-electron chi connectivity index (χ2n) is 4.15. The van der Waals surface area contributed by atoms with E-state index in [-0.39, 0.29) is 0 Å². The molecule has 1 aromatic heterocycles. The summed E-state index contributed by atoms with van der Waals surface area (Å²) in [6.45, 7) is 8.18. The molecule has 0 atom stereocenters. The molecule has 1 aromatic carbocycles. The summed E-state index contributed by atoms with van der Waals surface area (Å²) >= 11 is 0. The quantitative estimate of drug-likeness (QED) is 0.791. The van der Waals surface area contributed by atoms with E-state index in [1.165, 1.54) is 0 Å². The van der Waals surface area contributed by atoms with Crippen LogP contribution in [-0.4, -0.2) is 4.98 Å². The van der Waals surface area contributed by atoms with Crippen molar-refractivity contribution < 1.29 is 9.47 Å². The fraction of sp³-hybridized carbons (Fsp3) is 0.294. The molecule has 0 aliphatic rings. The minimum absolute atomic E-state index is 0.320. The average molecular weight is 284 g/mol. The van der Waals surface area contributed by atoms with Crippen molar-refractivity contribution >= 4 is 0 Å². The molecule has 4 heteroatoms. The zero-order chi connectivity index (χ0) is 15.7. The summed E-state index contributed by atoms with van der Waals surface area (Å²) in [6, 6.07) is 11.1. The van der Waals surface area contributed by atoms with E-state index >= 15 is 0 Å². The number of nitriles is 1. The lowest BCUT2D eigenvalue weighted by Crippen LogP contribution is -2.02. The second kappa shape index (κ2) is 8.60. The highest BCUT2D eigenvalue weighted by atomic mass is 16.5. The van der Waals surface area contributed by atoms with Crippen molar-refractivity contribution in [1.29, 1.82) is 5.26 Å². The second-order valence-corrected chi connectivity index (χ2v) is 4.15. The predicted octanol–water partition coefficient (Wildman–Crippen LogP) is 4.16. The molecule has 0 radical (unpaired) electrons. The largest absolute Gasteiger partial charge is 0.473 e. The summed E-state index contributed by atoms with van der Waals surface area (Å²) in [5.74, 6) is 1.08. The van der Waals surface area contributed by atoms with Crippen LogP contribution >= 0.6 is 0 Å². The van der Waals surface area contributed by atoms with E-state index in [1.54, 1.807) is 18.4 Å². The van der Waals surface area contributed by atoms with Crippen LogP contribution in [0.25, 0.3) is 0 Å². The van der Waals surface area contributed by atoms with Gasteiger partial charge in [0.1, 0.15) is 12.4 Å². The molecule has 21 heavy (non-hydrogen) atoms. The molecule has 0 bridgehead atoms. The Kier molecular flexibility index (Phi) is 6.76. The van der Waals surface area contributed by atoms with Crippen molar-refractivity contribution in [2.24, 2.45) is 0 Å². The highest BCUT2D eigenvalue weighted by Crippen LogP contribution is 2.23. The van der Waals surface area contributed by atoms with Gasteiger partial charge in [-0.3, -0.25) is 0 Å². The molecule has 1 heterocycles. The van der Waals surface area contributed by atoms with Crippen molar-refractivity contribution in [3.63, 3.8) is 0 Å². The van der Waals surface area contributed by atoms with Gasteiger partial charge in [-0.05, 0) is 31.5 Å². The Labute approximate surface area is 126 Å². The van der Waals surface area contributed by atoms with E-state index in [2.05, 4.69) is 4.98 Å². The molecule has 0 aliphatic heterocycles. The molecule has 0 amide bonds. The van der Waals surface area contributed by atoms with Crippen molar-refractivity contribution in [3.05, 3.63) is 53.2 Å². The third-order valence-electron chi connectivity index (χ3n) is 2.75. The van der Waals surface area contributed by atoms with Crippen LogP contribution in [0.15, 0.2) is 36.4 Å². The molecule has 4 nitrogen and oxygen atoms in total. The first kappa shape index (κ1) is 16.5. The molecule has 0 saturated heterocycles. The van der Waals surface area contributed by atoms with E-state index in [1.807, 2.05) is 52.0 Å². The molecule has 0 N–H and O–H groups in total. The lowest BCUT2D eigenvalue weighted by Gasteiger charge is -2.11. The smallest absolute Gasteiger partial charge is 0.292 e. The summed E-state index contributed by atoms with van der Waals surface area (Å²) in [7, 11) is 0. The summed E-state index contributed by atoms with van der Waals surface area (Å²) < 4.78 is 10.6. The summed E-state index contributed by atoms with van der Waals surface area (Å²) in [4.78, 5) is 4.27. The Morgan fingerprint density at radius 2 is 1.81 bits per heavy atom. The Hall–Kier alpha value is -2.54. The van der Waals surface area contributed by atoms with Gasteiger partial charge >= 0.3 is 0 Å². The zero-order valence-corrected chi connectivity index (χ0v) is 12.9. The molecule has 110 valence electrons. The lowest BCUT2D eigenvalue weighted by molar-refractivity contribution is 0.288. The van der Waals surface area contributed by atoms with Crippen molar-refractivity contribution in [2.45, 2.75) is 34.3 Å². The number of nitrogens with zero attached hydrogens (tertiary/aromatic N) is 2. The number of aryl methyl sites for hydroxylation is 2. The Morgan fingerprint density at radius 3 is 2.48 bits per heavy atom. The van der Waals surface area contributed by atoms with E-state index in [0.717, 1.165) is 16.8 Å². The molecular weight excluding hydrogens is 264 g/mol. The van der Waals surface area contributed by atoms with E-state index in [9.17, 15) is 0 Å². The first-order valence-corrected chi connectivity index (χ1v) is 6.91. The van der Waals surface area contributed by atoms with Crippen LogP contribution in [0, 0.1) is 25.4 Å². The highest BCUT2D eigenvalue weighted by molar-refractivity contribution is 5.40. The average Bonchev–Trinajstić information content (AvgIpc) is 2.49. The number of hydrogen-bond acceptors (Lipinski definition) is 4. The number of pyridine rings is 1. The van der Waals surface area contributed by atoms with Gasteiger partial charge in [-0.1, -0.05) is 32.0 Å². The topological polar surface area (TPSA) is 55.1 Å².